The van der Waals surface area contributed by atoms with Crippen LogP contribution in [0.25, 0.3) is 5.69 Å². The Balaban J connectivity index is 1.63. The molecule has 0 saturated heterocycles. The molecular formula is C20H18FNO3. The van der Waals surface area contributed by atoms with Crippen molar-refractivity contribution in [2.24, 2.45) is 0 Å². The van der Waals surface area contributed by atoms with Crippen LogP contribution in [0.5, 0.6) is 11.5 Å². The average Bonchev–Trinajstić information content (AvgIpc) is 2.62. The fraction of sp³-hybridized carbons (Fsp3) is 0.150. The topological polar surface area (TPSA) is 40.5 Å². The van der Waals surface area contributed by atoms with Crippen LogP contribution in [0.2, 0.25) is 0 Å². The largest absolute Gasteiger partial charge is 0.489 e. The maximum absolute atomic E-state index is 13.0. The molecule has 0 amide bonds. The molecular weight excluding hydrogens is 321 g/mol. The highest BCUT2D eigenvalue weighted by Gasteiger charge is 2.07. The Morgan fingerprint density at radius 3 is 2.40 bits per heavy atom. The minimum atomic E-state index is -0.343. The molecule has 0 aliphatic carbocycles. The number of pyridine rings is 1. The fourth-order valence-corrected chi connectivity index (χ4v) is 2.34. The molecule has 128 valence electrons. The lowest BCUT2D eigenvalue weighted by Crippen LogP contribution is -2.22. The van der Waals surface area contributed by atoms with Crippen LogP contribution in [0, 0.1) is 5.82 Å². The molecule has 0 N–H and O–H groups in total. The second-order valence-corrected chi connectivity index (χ2v) is 5.60. The molecule has 0 bridgehead atoms. The van der Waals surface area contributed by atoms with Crippen LogP contribution in [0.4, 0.5) is 4.39 Å². The van der Waals surface area contributed by atoms with Gasteiger partial charge in [-0.25, -0.2) is 4.39 Å². The summed E-state index contributed by atoms with van der Waals surface area (Å²) < 4.78 is 25.8. The van der Waals surface area contributed by atoms with Crippen LogP contribution in [0.1, 0.15) is 6.92 Å². The summed E-state index contributed by atoms with van der Waals surface area (Å²) in [4.78, 5) is 12.2. The fourth-order valence-electron chi connectivity index (χ4n) is 2.34. The van der Waals surface area contributed by atoms with Crippen molar-refractivity contribution in [3.8, 4) is 17.2 Å². The normalized spacial score (nSPS) is 11.8. The zero-order valence-corrected chi connectivity index (χ0v) is 13.8. The van der Waals surface area contributed by atoms with Gasteiger partial charge in [0, 0.05) is 18.0 Å². The van der Waals surface area contributed by atoms with E-state index in [0.717, 1.165) is 5.75 Å². The first-order valence-corrected chi connectivity index (χ1v) is 7.95. The molecule has 0 aliphatic rings. The lowest BCUT2D eigenvalue weighted by molar-refractivity contribution is 0.143. The third-order valence-electron chi connectivity index (χ3n) is 3.56. The predicted octanol–water partition coefficient (Wildman–Crippen LogP) is 3.82. The van der Waals surface area contributed by atoms with Crippen LogP contribution in [-0.2, 0) is 0 Å². The third kappa shape index (κ3) is 4.47. The standard InChI is InChI=1S/C20H18FNO3/c1-15(25-18-5-3-2-4-6-18)14-24-19-11-12-22(20(23)13-19)17-9-7-16(21)8-10-17/h2-13,15H,14H2,1H3/t15-/m1/s1. The Labute approximate surface area is 145 Å². The molecule has 0 unspecified atom stereocenters. The SMILES string of the molecule is C[C@H](COc1ccn(-c2ccc(F)cc2)c(=O)c1)Oc1ccccc1. The van der Waals surface area contributed by atoms with Gasteiger partial charge in [-0.3, -0.25) is 9.36 Å². The first-order chi connectivity index (χ1) is 12.1. The van der Waals surface area contributed by atoms with E-state index in [1.165, 1.54) is 22.8 Å². The van der Waals surface area contributed by atoms with Gasteiger partial charge in [-0.15, -0.1) is 0 Å². The molecule has 0 aliphatic heterocycles. The maximum Gasteiger partial charge on any atom is 0.258 e. The minimum absolute atomic E-state index is 0.165. The molecule has 1 aromatic heterocycles. The van der Waals surface area contributed by atoms with Crippen LogP contribution < -0.4 is 15.0 Å². The minimum Gasteiger partial charge on any atom is -0.489 e. The summed E-state index contributed by atoms with van der Waals surface area (Å²) in [6, 6.07) is 18.3. The Kier molecular flexibility index (Phi) is 5.14. The van der Waals surface area contributed by atoms with E-state index >= 15 is 0 Å². The zero-order chi connectivity index (χ0) is 17.6. The summed E-state index contributed by atoms with van der Waals surface area (Å²) in [6.07, 6.45) is 1.44. The van der Waals surface area contributed by atoms with E-state index in [-0.39, 0.29) is 17.5 Å². The highest BCUT2D eigenvalue weighted by atomic mass is 19.1. The molecule has 3 rings (SSSR count). The van der Waals surface area contributed by atoms with E-state index in [4.69, 9.17) is 9.47 Å². The Bertz CT molecular complexity index is 875. The molecule has 2 aromatic carbocycles. The van der Waals surface area contributed by atoms with E-state index in [1.807, 2.05) is 37.3 Å². The monoisotopic (exact) mass is 339 g/mol. The quantitative estimate of drug-likeness (QED) is 0.685. The van der Waals surface area contributed by atoms with Gasteiger partial charge in [-0.1, -0.05) is 18.2 Å². The third-order valence-corrected chi connectivity index (χ3v) is 3.56. The second-order valence-electron chi connectivity index (χ2n) is 5.60. The summed E-state index contributed by atoms with van der Waals surface area (Å²) in [7, 11) is 0. The molecule has 1 heterocycles. The van der Waals surface area contributed by atoms with Gasteiger partial charge in [0.2, 0.25) is 0 Å². The van der Waals surface area contributed by atoms with Gasteiger partial charge in [0.05, 0.1) is 0 Å². The number of hydrogen-bond donors (Lipinski definition) is 0. The van der Waals surface area contributed by atoms with Crippen molar-refractivity contribution in [1.29, 1.82) is 0 Å². The summed E-state index contributed by atoms with van der Waals surface area (Å²) in [5.74, 6) is 0.890. The Hall–Kier alpha value is -3.08. The van der Waals surface area contributed by atoms with Crippen molar-refractivity contribution >= 4 is 0 Å². The highest BCUT2D eigenvalue weighted by molar-refractivity contribution is 5.34. The lowest BCUT2D eigenvalue weighted by Gasteiger charge is -2.16. The Morgan fingerprint density at radius 1 is 1.00 bits per heavy atom. The number of halogens is 1. The summed E-state index contributed by atoms with van der Waals surface area (Å²) in [5.41, 5.74) is 0.347. The highest BCUT2D eigenvalue weighted by Crippen LogP contribution is 2.13. The molecule has 0 radical (unpaired) electrons. The zero-order valence-electron chi connectivity index (χ0n) is 13.8. The van der Waals surface area contributed by atoms with Crippen LogP contribution in [-0.4, -0.2) is 17.3 Å². The van der Waals surface area contributed by atoms with E-state index in [0.29, 0.717) is 18.0 Å². The van der Waals surface area contributed by atoms with E-state index in [2.05, 4.69) is 0 Å². The molecule has 3 aromatic rings. The number of rotatable bonds is 6. The van der Waals surface area contributed by atoms with Crippen molar-refractivity contribution in [1.82, 2.24) is 4.57 Å². The van der Waals surface area contributed by atoms with Gasteiger partial charge < -0.3 is 9.47 Å². The van der Waals surface area contributed by atoms with Gasteiger partial charge in [0.15, 0.2) is 0 Å². The van der Waals surface area contributed by atoms with Crippen molar-refractivity contribution < 1.29 is 13.9 Å². The average molecular weight is 339 g/mol. The number of benzene rings is 2. The van der Waals surface area contributed by atoms with Gasteiger partial charge in [-0.2, -0.15) is 0 Å². The van der Waals surface area contributed by atoms with Gasteiger partial charge >= 0.3 is 0 Å². The number of nitrogens with zero attached hydrogens (tertiary/aromatic N) is 1. The molecule has 25 heavy (non-hydrogen) atoms. The smallest absolute Gasteiger partial charge is 0.258 e. The van der Waals surface area contributed by atoms with Crippen molar-refractivity contribution in [3.05, 3.63) is 89.1 Å². The molecule has 4 nitrogen and oxygen atoms in total. The first-order valence-electron chi connectivity index (χ1n) is 7.95. The summed E-state index contributed by atoms with van der Waals surface area (Å²) in [6.45, 7) is 2.21. The number of hydrogen-bond acceptors (Lipinski definition) is 3. The number of para-hydroxylation sites is 1. The van der Waals surface area contributed by atoms with E-state index in [1.54, 1.807) is 24.4 Å². The number of ether oxygens (including phenoxy) is 2. The molecule has 5 heteroatoms. The van der Waals surface area contributed by atoms with Gasteiger partial charge in [0.25, 0.3) is 5.56 Å². The van der Waals surface area contributed by atoms with Gasteiger partial charge in [-0.05, 0) is 49.4 Å². The van der Waals surface area contributed by atoms with Crippen LogP contribution in [0.3, 0.4) is 0 Å². The molecule has 0 spiro atoms. The predicted molar refractivity (Wildman–Crippen MR) is 94.0 cm³/mol. The lowest BCUT2D eigenvalue weighted by atomic mass is 10.3. The van der Waals surface area contributed by atoms with E-state index < -0.39 is 0 Å². The molecule has 1 atom stereocenters. The van der Waals surface area contributed by atoms with Crippen molar-refractivity contribution in [2.75, 3.05) is 6.61 Å². The maximum atomic E-state index is 13.0. The summed E-state index contributed by atoms with van der Waals surface area (Å²) >= 11 is 0. The van der Waals surface area contributed by atoms with Crippen molar-refractivity contribution in [2.45, 2.75) is 13.0 Å². The van der Waals surface area contributed by atoms with E-state index in [9.17, 15) is 9.18 Å². The van der Waals surface area contributed by atoms with Gasteiger partial charge in [0.1, 0.15) is 30.0 Å². The van der Waals surface area contributed by atoms with Crippen molar-refractivity contribution in [3.63, 3.8) is 0 Å². The van der Waals surface area contributed by atoms with Crippen LogP contribution in [0.15, 0.2) is 77.7 Å². The molecule has 0 saturated carbocycles. The second kappa shape index (κ2) is 7.66. The van der Waals surface area contributed by atoms with Crippen LogP contribution >= 0.6 is 0 Å². The number of aromatic nitrogens is 1. The first kappa shape index (κ1) is 16.8. The Morgan fingerprint density at radius 2 is 1.72 bits per heavy atom. The summed E-state index contributed by atoms with van der Waals surface area (Å²) in [5, 5.41) is 0. The molecule has 0 fully saturated rings.